The number of anilines is 1. The number of hydrogen-bond donors (Lipinski definition) is 1. The minimum absolute atomic E-state index is 0.153. The molecule has 0 saturated carbocycles. The van der Waals surface area contributed by atoms with Crippen molar-refractivity contribution in [3.8, 4) is 0 Å². The number of hydrogen-bond acceptors (Lipinski definition) is 9. The minimum Gasteiger partial charge on any atom is -0.462 e. The van der Waals surface area contributed by atoms with Crippen LogP contribution in [0, 0.1) is 0 Å². The first kappa shape index (κ1) is 19.7. The van der Waals surface area contributed by atoms with Gasteiger partial charge in [-0.3, -0.25) is 4.79 Å². The predicted octanol–water partition coefficient (Wildman–Crippen LogP) is 4.11. The van der Waals surface area contributed by atoms with E-state index >= 15 is 0 Å². The third-order valence-corrected chi connectivity index (χ3v) is 7.51. The molecular weight excluding hydrogens is 410 g/mol. The average Bonchev–Trinajstić information content (AvgIpc) is 3.24. The molecule has 0 bridgehead atoms. The summed E-state index contributed by atoms with van der Waals surface area (Å²) in [4.78, 5) is 30.3. The third kappa shape index (κ3) is 4.59. The van der Waals surface area contributed by atoms with Gasteiger partial charge in [-0.15, -0.1) is 11.3 Å². The SMILES string of the molecule is CCOC(=O)c1c(NC(=O)CSc2nc(SC)ns2)sc2c1CCCC2. The number of rotatable bonds is 7. The van der Waals surface area contributed by atoms with Gasteiger partial charge in [-0.1, -0.05) is 23.5 Å². The molecule has 2 aromatic heterocycles. The van der Waals surface area contributed by atoms with E-state index in [4.69, 9.17) is 4.74 Å². The zero-order valence-corrected chi connectivity index (χ0v) is 17.8. The van der Waals surface area contributed by atoms with Gasteiger partial charge < -0.3 is 10.1 Å². The fourth-order valence-corrected chi connectivity index (χ4v) is 6.00. The van der Waals surface area contributed by atoms with Gasteiger partial charge in [0.2, 0.25) is 11.1 Å². The van der Waals surface area contributed by atoms with Crippen molar-refractivity contribution in [2.75, 3.05) is 23.9 Å². The van der Waals surface area contributed by atoms with Crippen LogP contribution in [0.2, 0.25) is 0 Å². The number of thioether (sulfide) groups is 2. The van der Waals surface area contributed by atoms with Gasteiger partial charge in [-0.05, 0) is 56.0 Å². The quantitative estimate of drug-likeness (QED) is 0.524. The van der Waals surface area contributed by atoms with Crippen molar-refractivity contribution in [1.29, 1.82) is 0 Å². The molecule has 0 radical (unpaired) electrons. The van der Waals surface area contributed by atoms with Gasteiger partial charge >= 0.3 is 5.97 Å². The molecule has 2 aromatic rings. The van der Waals surface area contributed by atoms with E-state index < -0.39 is 0 Å². The number of thiophene rings is 1. The highest BCUT2D eigenvalue weighted by atomic mass is 32.2. The van der Waals surface area contributed by atoms with Crippen molar-refractivity contribution < 1.29 is 14.3 Å². The molecule has 10 heteroatoms. The van der Waals surface area contributed by atoms with Crippen LogP contribution in [0.3, 0.4) is 0 Å². The van der Waals surface area contributed by atoms with Crippen molar-refractivity contribution >= 4 is 63.3 Å². The van der Waals surface area contributed by atoms with Gasteiger partial charge in [0, 0.05) is 4.88 Å². The van der Waals surface area contributed by atoms with Crippen LogP contribution in [0.5, 0.6) is 0 Å². The molecule has 0 aromatic carbocycles. The molecule has 0 atom stereocenters. The molecule has 1 aliphatic carbocycles. The summed E-state index contributed by atoms with van der Waals surface area (Å²) in [6, 6.07) is 0. The summed E-state index contributed by atoms with van der Waals surface area (Å²) in [6.07, 6.45) is 5.92. The maximum atomic E-state index is 12.4. The molecule has 0 aliphatic heterocycles. The fraction of sp³-hybridized carbons (Fsp3) is 0.500. The Balaban J connectivity index is 1.70. The summed E-state index contributed by atoms with van der Waals surface area (Å²) in [5.74, 6) is -0.267. The number of aromatic nitrogens is 2. The fourth-order valence-electron chi connectivity index (χ4n) is 2.70. The lowest BCUT2D eigenvalue weighted by atomic mass is 9.95. The zero-order chi connectivity index (χ0) is 18.5. The van der Waals surface area contributed by atoms with Crippen LogP contribution >= 0.6 is 46.4 Å². The van der Waals surface area contributed by atoms with E-state index in [0.717, 1.165) is 35.6 Å². The summed E-state index contributed by atoms with van der Waals surface area (Å²) < 4.78 is 10.2. The standard InChI is InChI=1S/C16H19N3O3S4/c1-3-22-14(21)12-9-6-4-5-7-10(9)25-13(12)17-11(20)8-24-16-18-15(23-2)19-26-16/h3-8H2,1-2H3,(H,17,20). The Morgan fingerprint density at radius 3 is 2.85 bits per heavy atom. The van der Waals surface area contributed by atoms with Crippen LogP contribution in [0.25, 0.3) is 0 Å². The smallest absolute Gasteiger partial charge is 0.341 e. The molecule has 1 aliphatic rings. The number of ether oxygens (including phenoxy) is 1. The van der Waals surface area contributed by atoms with E-state index in [0.29, 0.717) is 22.3 Å². The van der Waals surface area contributed by atoms with E-state index in [9.17, 15) is 9.59 Å². The molecule has 0 spiro atoms. The second kappa shape index (κ2) is 9.20. The molecule has 3 rings (SSSR count). The number of aryl methyl sites for hydroxylation is 1. The Labute approximate surface area is 168 Å². The largest absolute Gasteiger partial charge is 0.462 e. The van der Waals surface area contributed by atoms with Crippen LogP contribution in [0.15, 0.2) is 9.50 Å². The average molecular weight is 430 g/mol. The Bertz CT molecular complexity index is 803. The van der Waals surface area contributed by atoms with Crippen LogP contribution < -0.4 is 5.32 Å². The van der Waals surface area contributed by atoms with Crippen molar-refractivity contribution in [2.24, 2.45) is 0 Å². The van der Waals surface area contributed by atoms with Gasteiger partial charge in [0.1, 0.15) is 5.00 Å². The topological polar surface area (TPSA) is 81.2 Å². The summed E-state index contributed by atoms with van der Waals surface area (Å²) in [6.45, 7) is 2.11. The number of carbonyl (C=O) groups is 2. The molecule has 2 heterocycles. The molecule has 0 fully saturated rings. The maximum absolute atomic E-state index is 12.4. The van der Waals surface area contributed by atoms with Crippen molar-refractivity contribution in [2.45, 2.75) is 42.1 Å². The van der Waals surface area contributed by atoms with Crippen molar-refractivity contribution in [1.82, 2.24) is 9.36 Å². The summed E-state index contributed by atoms with van der Waals surface area (Å²) in [7, 11) is 0. The molecule has 26 heavy (non-hydrogen) atoms. The van der Waals surface area contributed by atoms with Gasteiger partial charge in [-0.2, -0.15) is 4.37 Å². The molecule has 0 saturated heterocycles. The lowest BCUT2D eigenvalue weighted by molar-refractivity contribution is -0.113. The molecule has 140 valence electrons. The number of amides is 1. The summed E-state index contributed by atoms with van der Waals surface area (Å²) in [5.41, 5.74) is 1.60. The molecular formula is C16H19N3O3S4. The Hall–Kier alpha value is -1.10. The van der Waals surface area contributed by atoms with Crippen LogP contribution in [0.1, 0.15) is 40.6 Å². The van der Waals surface area contributed by atoms with E-state index in [1.54, 1.807) is 6.92 Å². The third-order valence-electron chi connectivity index (χ3n) is 3.80. The Morgan fingerprint density at radius 2 is 2.12 bits per heavy atom. The second-order valence-corrected chi connectivity index (χ2v) is 9.37. The Morgan fingerprint density at radius 1 is 1.31 bits per heavy atom. The molecule has 1 amide bonds. The first-order valence-corrected chi connectivity index (χ1v) is 12.0. The normalized spacial score (nSPS) is 13.3. The summed E-state index contributed by atoms with van der Waals surface area (Å²) >= 11 is 5.62. The maximum Gasteiger partial charge on any atom is 0.341 e. The minimum atomic E-state index is -0.344. The zero-order valence-electron chi connectivity index (χ0n) is 14.5. The molecule has 6 nitrogen and oxygen atoms in total. The van der Waals surface area contributed by atoms with Gasteiger partial charge in [-0.25, -0.2) is 9.78 Å². The van der Waals surface area contributed by atoms with Crippen molar-refractivity contribution in [3.63, 3.8) is 0 Å². The lowest BCUT2D eigenvalue weighted by Crippen LogP contribution is -2.17. The number of carbonyl (C=O) groups excluding carboxylic acids is 2. The molecule has 0 unspecified atom stereocenters. The Kier molecular flexibility index (Phi) is 6.96. The van der Waals surface area contributed by atoms with Crippen LogP contribution in [-0.4, -0.2) is 39.8 Å². The highest BCUT2D eigenvalue weighted by Gasteiger charge is 2.27. The number of esters is 1. The monoisotopic (exact) mass is 429 g/mol. The summed E-state index contributed by atoms with van der Waals surface area (Å²) in [5, 5.41) is 4.24. The van der Waals surface area contributed by atoms with Gasteiger partial charge in [0.25, 0.3) is 0 Å². The van der Waals surface area contributed by atoms with Gasteiger partial charge in [0.05, 0.1) is 17.9 Å². The van der Waals surface area contributed by atoms with E-state index in [1.165, 1.54) is 51.3 Å². The first-order valence-electron chi connectivity index (χ1n) is 8.24. The lowest BCUT2D eigenvalue weighted by Gasteiger charge is -2.12. The molecule has 1 N–H and O–H groups in total. The van der Waals surface area contributed by atoms with Crippen molar-refractivity contribution in [3.05, 3.63) is 16.0 Å². The highest BCUT2D eigenvalue weighted by Crippen LogP contribution is 2.38. The second-order valence-electron chi connectivity index (χ2n) is 5.52. The van der Waals surface area contributed by atoms with Crippen LogP contribution in [-0.2, 0) is 22.4 Å². The number of nitrogens with zero attached hydrogens (tertiary/aromatic N) is 2. The number of nitrogens with one attached hydrogen (secondary N) is 1. The first-order chi connectivity index (χ1) is 12.6. The predicted molar refractivity (Wildman–Crippen MR) is 108 cm³/mol. The van der Waals surface area contributed by atoms with Gasteiger partial charge in [0.15, 0.2) is 4.34 Å². The van der Waals surface area contributed by atoms with Crippen LogP contribution in [0.4, 0.5) is 5.00 Å². The number of fused-ring (bicyclic) bond motifs is 1. The highest BCUT2D eigenvalue weighted by molar-refractivity contribution is 8.01. The van der Waals surface area contributed by atoms with E-state index in [-0.39, 0.29) is 17.6 Å². The van der Waals surface area contributed by atoms with E-state index in [2.05, 4.69) is 14.7 Å². The van der Waals surface area contributed by atoms with E-state index in [1.807, 2.05) is 6.26 Å².